The fourth-order valence-electron chi connectivity index (χ4n) is 3.26. The molecule has 0 bridgehead atoms. The molecule has 0 aromatic heterocycles. The van der Waals surface area contributed by atoms with E-state index in [-0.39, 0.29) is 11.7 Å². The molecule has 1 fully saturated rings. The van der Waals surface area contributed by atoms with Gasteiger partial charge in [-0.2, -0.15) is 0 Å². The summed E-state index contributed by atoms with van der Waals surface area (Å²) in [6, 6.07) is 4.65. The highest BCUT2D eigenvalue weighted by Crippen LogP contribution is 2.36. The van der Waals surface area contributed by atoms with Gasteiger partial charge in [-0.1, -0.05) is 22.0 Å². The molecule has 0 atom stereocenters. The van der Waals surface area contributed by atoms with Crippen molar-refractivity contribution in [2.75, 3.05) is 0 Å². The number of amides is 1. The summed E-state index contributed by atoms with van der Waals surface area (Å²) in [5.74, 6) is -0.0489. The van der Waals surface area contributed by atoms with Crippen molar-refractivity contribution in [3.63, 3.8) is 0 Å². The van der Waals surface area contributed by atoms with Crippen LogP contribution < -0.4 is 15.8 Å². The Balaban J connectivity index is 1.96. The number of carbonyl (C=O) groups is 1. The third-order valence-electron chi connectivity index (χ3n) is 4.51. The van der Waals surface area contributed by atoms with E-state index in [1.54, 1.807) is 32.9 Å². The normalized spacial score (nSPS) is 23.2. The Morgan fingerprint density at radius 2 is 1.89 bits per heavy atom. The maximum Gasteiger partial charge on any atom is 0.573 e. The summed E-state index contributed by atoms with van der Waals surface area (Å²) in [4.78, 5) is 12.0. The third-order valence-corrected chi connectivity index (χ3v) is 5.00. The van der Waals surface area contributed by atoms with Crippen LogP contribution in [0.1, 0.15) is 52.0 Å². The molecule has 158 valence electrons. The summed E-state index contributed by atoms with van der Waals surface area (Å²) in [5.41, 5.74) is 5.28. The molecule has 0 spiro atoms. The molecule has 0 unspecified atom stereocenters. The van der Waals surface area contributed by atoms with Gasteiger partial charge in [0, 0.05) is 4.47 Å². The van der Waals surface area contributed by atoms with Gasteiger partial charge in [-0.05, 0) is 76.5 Å². The minimum Gasteiger partial charge on any atom is -0.444 e. The van der Waals surface area contributed by atoms with E-state index in [0.717, 1.165) is 0 Å². The SMILES string of the molecule is CC(C)(C)OC(=O)NC1(N)CCC(Cc2ccc(Br)cc2OC(F)(F)F)CC1. The summed E-state index contributed by atoms with van der Waals surface area (Å²) in [6.07, 6.45) is -2.48. The van der Waals surface area contributed by atoms with E-state index in [4.69, 9.17) is 10.5 Å². The number of nitrogens with two attached hydrogens (primary N) is 1. The van der Waals surface area contributed by atoms with Gasteiger partial charge in [-0.25, -0.2) is 4.79 Å². The highest BCUT2D eigenvalue weighted by atomic mass is 79.9. The average Bonchev–Trinajstić information content (AvgIpc) is 2.48. The third kappa shape index (κ3) is 7.50. The molecule has 5 nitrogen and oxygen atoms in total. The molecule has 28 heavy (non-hydrogen) atoms. The van der Waals surface area contributed by atoms with Crippen LogP contribution in [0.15, 0.2) is 22.7 Å². The molecule has 0 radical (unpaired) electrons. The fraction of sp³-hybridized carbons (Fsp3) is 0.632. The van der Waals surface area contributed by atoms with Crippen molar-refractivity contribution in [2.45, 2.75) is 70.5 Å². The smallest absolute Gasteiger partial charge is 0.444 e. The Morgan fingerprint density at radius 3 is 2.43 bits per heavy atom. The predicted octanol–water partition coefficient (Wildman–Crippen LogP) is 5.26. The van der Waals surface area contributed by atoms with Crippen LogP contribution in [0.3, 0.4) is 0 Å². The molecule has 2 rings (SSSR count). The van der Waals surface area contributed by atoms with Gasteiger partial charge in [0.2, 0.25) is 0 Å². The van der Waals surface area contributed by atoms with E-state index in [9.17, 15) is 18.0 Å². The topological polar surface area (TPSA) is 73.6 Å². The first kappa shape index (κ1) is 22.8. The van der Waals surface area contributed by atoms with Crippen LogP contribution >= 0.6 is 15.9 Å². The standard InChI is InChI=1S/C19H26BrF3N2O3/c1-17(2,3)28-16(26)25-18(24)8-6-12(7-9-18)10-13-4-5-14(20)11-15(13)27-19(21,22)23/h4-5,11-12H,6-10,24H2,1-3H3,(H,25,26). The van der Waals surface area contributed by atoms with Crippen molar-refractivity contribution in [3.05, 3.63) is 28.2 Å². The van der Waals surface area contributed by atoms with Crippen molar-refractivity contribution >= 4 is 22.0 Å². The van der Waals surface area contributed by atoms with E-state index in [2.05, 4.69) is 26.0 Å². The lowest BCUT2D eigenvalue weighted by atomic mass is 9.79. The van der Waals surface area contributed by atoms with Gasteiger partial charge in [0.25, 0.3) is 0 Å². The van der Waals surface area contributed by atoms with Gasteiger partial charge in [0.05, 0.1) is 5.66 Å². The van der Waals surface area contributed by atoms with Crippen LogP contribution in [0.25, 0.3) is 0 Å². The molecular formula is C19H26BrF3N2O3. The summed E-state index contributed by atoms with van der Waals surface area (Å²) in [7, 11) is 0. The fourth-order valence-corrected chi connectivity index (χ4v) is 3.60. The molecule has 1 amide bonds. The highest BCUT2D eigenvalue weighted by Gasteiger charge is 2.36. The molecule has 1 aromatic rings. The van der Waals surface area contributed by atoms with E-state index < -0.39 is 23.7 Å². The number of hydrogen-bond donors (Lipinski definition) is 2. The molecule has 1 saturated carbocycles. The predicted molar refractivity (Wildman–Crippen MR) is 103 cm³/mol. The molecule has 0 heterocycles. The molecular weight excluding hydrogens is 441 g/mol. The van der Waals surface area contributed by atoms with Crippen molar-refractivity contribution < 1.29 is 27.4 Å². The highest BCUT2D eigenvalue weighted by molar-refractivity contribution is 9.10. The first-order valence-corrected chi connectivity index (χ1v) is 9.88. The Labute approximate surface area is 171 Å². The zero-order chi connectivity index (χ0) is 21.2. The number of halogens is 4. The first-order valence-electron chi connectivity index (χ1n) is 9.09. The van der Waals surface area contributed by atoms with E-state index in [1.165, 1.54) is 6.07 Å². The number of ether oxygens (including phenoxy) is 2. The zero-order valence-corrected chi connectivity index (χ0v) is 17.7. The van der Waals surface area contributed by atoms with E-state index in [1.807, 2.05) is 0 Å². The Morgan fingerprint density at radius 1 is 1.29 bits per heavy atom. The maximum absolute atomic E-state index is 12.7. The monoisotopic (exact) mass is 466 g/mol. The van der Waals surface area contributed by atoms with Gasteiger partial charge in [0.1, 0.15) is 11.4 Å². The van der Waals surface area contributed by atoms with Crippen LogP contribution in [0.4, 0.5) is 18.0 Å². The summed E-state index contributed by atoms with van der Waals surface area (Å²) in [6.45, 7) is 5.31. The van der Waals surface area contributed by atoms with Crippen LogP contribution in [0.5, 0.6) is 5.75 Å². The maximum atomic E-state index is 12.7. The number of benzene rings is 1. The summed E-state index contributed by atoms with van der Waals surface area (Å²) >= 11 is 3.17. The molecule has 1 aromatic carbocycles. The van der Waals surface area contributed by atoms with Crippen molar-refractivity contribution in [1.29, 1.82) is 0 Å². The number of hydrogen-bond acceptors (Lipinski definition) is 4. The number of alkyl carbamates (subject to hydrolysis) is 1. The van der Waals surface area contributed by atoms with Crippen molar-refractivity contribution in [3.8, 4) is 5.75 Å². The molecule has 3 N–H and O–H groups in total. The zero-order valence-electron chi connectivity index (χ0n) is 16.2. The minimum atomic E-state index is -4.74. The second kappa shape index (κ2) is 8.49. The quantitative estimate of drug-likeness (QED) is 0.593. The largest absolute Gasteiger partial charge is 0.573 e. The van der Waals surface area contributed by atoms with Crippen LogP contribution in [0.2, 0.25) is 0 Å². The Hall–Kier alpha value is -1.48. The van der Waals surface area contributed by atoms with Gasteiger partial charge < -0.3 is 20.5 Å². The second-order valence-corrected chi connectivity index (χ2v) is 9.15. The average molecular weight is 467 g/mol. The molecule has 1 aliphatic carbocycles. The lowest BCUT2D eigenvalue weighted by molar-refractivity contribution is -0.275. The second-order valence-electron chi connectivity index (χ2n) is 8.23. The summed E-state index contributed by atoms with van der Waals surface area (Å²) in [5, 5.41) is 2.72. The summed E-state index contributed by atoms with van der Waals surface area (Å²) < 4.78 is 47.9. The number of nitrogens with one attached hydrogen (secondary N) is 1. The van der Waals surface area contributed by atoms with Crippen LogP contribution in [-0.4, -0.2) is 23.7 Å². The minimum absolute atomic E-state index is 0.147. The van der Waals surface area contributed by atoms with Gasteiger partial charge in [-0.15, -0.1) is 13.2 Å². The van der Waals surface area contributed by atoms with Crippen LogP contribution in [0, 0.1) is 5.92 Å². The Bertz CT molecular complexity index is 697. The molecule has 1 aliphatic rings. The molecule has 0 saturated heterocycles. The number of carbonyl (C=O) groups excluding carboxylic acids is 1. The van der Waals surface area contributed by atoms with E-state index in [0.29, 0.717) is 42.1 Å². The van der Waals surface area contributed by atoms with Crippen molar-refractivity contribution in [1.82, 2.24) is 5.32 Å². The van der Waals surface area contributed by atoms with Gasteiger partial charge in [-0.3, -0.25) is 0 Å². The first-order chi connectivity index (χ1) is 12.7. The lowest BCUT2D eigenvalue weighted by Gasteiger charge is -2.38. The number of alkyl halides is 3. The van der Waals surface area contributed by atoms with Gasteiger partial charge >= 0.3 is 12.5 Å². The Kier molecular flexibility index (Phi) is 6.91. The van der Waals surface area contributed by atoms with E-state index >= 15 is 0 Å². The molecule has 9 heteroatoms. The lowest BCUT2D eigenvalue weighted by Crippen LogP contribution is -2.58. The van der Waals surface area contributed by atoms with Crippen molar-refractivity contribution in [2.24, 2.45) is 11.7 Å². The molecule has 0 aliphatic heterocycles. The van der Waals surface area contributed by atoms with Gasteiger partial charge in [0.15, 0.2) is 0 Å². The van der Waals surface area contributed by atoms with Crippen LogP contribution in [-0.2, 0) is 11.2 Å². The number of rotatable bonds is 4.